The largest absolute Gasteiger partial charge is 0.478 e. The van der Waals surface area contributed by atoms with Crippen LogP contribution in [0.1, 0.15) is 59.4 Å². The maximum Gasteiger partial charge on any atom is 0.335 e. The number of benzene rings is 2. The predicted molar refractivity (Wildman–Crippen MR) is 139 cm³/mol. The first-order valence-corrected chi connectivity index (χ1v) is 12.5. The first kappa shape index (κ1) is 25.4. The average Bonchev–Trinajstić information content (AvgIpc) is 3.21. The number of aromatic nitrogens is 2. The van der Waals surface area contributed by atoms with Gasteiger partial charge in [-0.3, -0.25) is 10.2 Å². The van der Waals surface area contributed by atoms with Gasteiger partial charge in [0.15, 0.2) is 0 Å². The van der Waals surface area contributed by atoms with Crippen LogP contribution in [0.25, 0.3) is 11.0 Å². The molecule has 9 heteroatoms. The standard InChI is InChI=1S/C27H34N6O3/c1-33-22-11-10-20(25(34)35)17-21(22)31-23(33)12-7-18-5-8-19(9-6-18)24(29)32-27(13-3-2-4-14-27)26(36)30-16-15-28/h5-6,8-11,17H,2-4,7,12-16,28H2,1H3,(H2,29,32)(H,30,36)(H,34,35). The van der Waals surface area contributed by atoms with Gasteiger partial charge < -0.3 is 26.0 Å². The van der Waals surface area contributed by atoms with Crippen molar-refractivity contribution >= 4 is 28.7 Å². The first-order chi connectivity index (χ1) is 17.3. The quantitative estimate of drug-likeness (QED) is 0.230. The third-order valence-electron chi connectivity index (χ3n) is 7.04. The van der Waals surface area contributed by atoms with Crippen LogP contribution in [0.3, 0.4) is 0 Å². The molecular formula is C27H34N6O3. The van der Waals surface area contributed by atoms with Crippen LogP contribution in [-0.4, -0.2) is 51.0 Å². The minimum atomic E-state index is -0.963. The van der Waals surface area contributed by atoms with E-state index in [2.05, 4.69) is 15.6 Å². The number of aryl methyl sites for hydroxylation is 3. The maximum absolute atomic E-state index is 12.9. The zero-order chi connectivity index (χ0) is 25.7. The predicted octanol–water partition coefficient (Wildman–Crippen LogP) is 2.75. The Morgan fingerprint density at radius 1 is 1.08 bits per heavy atom. The number of carbonyl (C=O) groups excluding carboxylic acids is 1. The van der Waals surface area contributed by atoms with Crippen LogP contribution in [0, 0.1) is 5.41 Å². The summed E-state index contributed by atoms with van der Waals surface area (Å²) in [5.74, 6) is 0.0893. The second kappa shape index (κ2) is 10.9. The van der Waals surface area contributed by atoms with Crippen molar-refractivity contribution in [1.29, 1.82) is 5.41 Å². The summed E-state index contributed by atoms with van der Waals surface area (Å²) in [5, 5.41) is 24.0. The fourth-order valence-electron chi connectivity index (χ4n) is 4.93. The van der Waals surface area contributed by atoms with Crippen molar-refractivity contribution in [3.05, 3.63) is 65.0 Å². The molecule has 0 saturated heterocycles. The maximum atomic E-state index is 12.9. The lowest BCUT2D eigenvalue weighted by atomic mass is 9.80. The number of carbonyl (C=O) groups is 2. The number of nitrogens with two attached hydrogens (primary N) is 1. The summed E-state index contributed by atoms with van der Waals surface area (Å²) in [6, 6.07) is 12.8. The highest BCUT2D eigenvalue weighted by Crippen LogP contribution is 2.29. The van der Waals surface area contributed by atoms with Gasteiger partial charge in [0.1, 0.15) is 17.2 Å². The van der Waals surface area contributed by atoms with Gasteiger partial charge in [0.25, 0.3) is 0 Å². The van der Waals surface area contributed by atoms with Gasteiger partial charge >= 0.3 is 5.97 Å². The second-order valence-electron chi connectivity index (χ2n) is 9.48. The van der Waals surface area contributed by atoms with Gasteiger partial charge in [0, 0.05) is 32.1 Å². The van der Waals surface area contributed by atoms with E-state index < -0.39 is 11.5 Å². The lowest BCUT2D eigenvalue weighted by Gasteiger charge is -2.37. The normalized spacial score (nSPS) is 14.9. The van der Waals surface area contributed by atoms with Crippen molar-refractivity contribution in [2.24, 2.45) is 12.8 Å². The number of rotatable bonds is 9. The van der Waals surface area contributed by atoms with Crippen LogP contribution in [-0.2, 0) is 24.7 Å². The number of carboxylic acids is 1. The number of aromatic carboxylic acids is 1. The van der Waals surface area contributed by atoms with E-state index >= 15 is 0 Å². The molecule has 0 atom stereocenters. The van der Waals surface area contributed by atoms with E-state index in [9.17, 15) is 14.7 Å². The van der Waals surface area contributed by atoms with Crippen molar-refractivity contribution in [2.75, 3.05) is 13.1 Å². The molecule has 190 valence electrons. The Morgan fingerprint density at radius 3 is 2.44 bits per heavy atom. The molecule has 0 unspecified atom stereocenters. The summed E-state index contributed by atoms with van der Waals surface area (Å²) in [6.07, 6.45) is 5.88. The molecule has 0 aliphatic heterocycles. The van der Waals surface area contributed by atoms with Crippen LogP contribution in [0.15, 0.2) is 42.5 Å². The molecule has 1 aromatic heterocycles. The van der Waals surface area contributed by atoms with E-state index in [-0.39, 0.29) is 17.3 Å². The van der Waals surface area contributed by atoms with Gasteiger partial charge in [-0.1, -0.05) is 43.5 Å². The van der Waals surface area contributed by atoms with Crippen LogP contribution in [0.2, 0.25) is 0 Å². The van der Waals surface area contributed by atoms with Crippen molar-refractivity contribution < 1.29 is 14.7 Å². The molecule has 0 radical (unpaired) electrons. The highest BCUT2D eigenvalue weighted by molar-refractivity contribution is 6.01. The van der Waals surface area contributed by atoms with Crippen LogP contribution < -0.4 is 16.4 Å². The number of nitrogens with zero attached hydrogens (tertiary/aromatic N) is 2. The Balaban J connectivity index is 1.41. The minimum Gasteiger partial charge on any atom is -0.478 e. The summed E-state index contributed by atoms with van der Waals surface area (Å²) in [4.78, 5) is 28.8. The van der Waals surface area contributed by atoms with E-state index in [4.69, 9.17) is 11.1 Å². The number of hydrogen-bond acceptors (Lipinski definition) is 5. The smallest absolute Gasteiger partial charge is 0.335 e. The summed E-state index contributed by atoms with van der Waals surface area (Å²) in [5.41, 5.74) is 8.45. The van der Waals surface area contributed by atoms with Gasteiger partial charge in [-0.25, -0.2) is 9.78 Å². The molecule has 1 fully saturated rings. The summed E-state index contributed by atoms with van der Waals surface area (Å²) >= 11 is 0. The fraction of sp³-hybridized carbons (Fsp3) is 0.407. The first-order valence-electron chi connectivity index (χ1n) is 12.5. The number of fused-ring (bicyclic) bond motifs is 1. The third-order valence-corrected chi connectivity index (χ3v) is 7.04. The van der Waals surface area contributed by atoms with Crippen LogP contribution in [0.5, 0.6) is 0 Å². The van der Waals surface area contributed by atoms with Crippen LogP contribution >= 0.6 is 0 Å². The molecule has 1 aliphatic carbocycles. The van der Waals surface area contributed by atoms with Crippen molar-refractivity contribution in [3.63, 3.8) is 0 Å². The van der Waals surface area contributed by atoms with Gasteiger partial charge in [-0.05, 0) is 43.0 Å². The zero-order valence-electron chi connectivity index (χ0n) is 20.6. The SMILES string of the molecule is Cn1c(CCc2ccc(C(=N)NC3(C(=O)NCCN)CCCCC3)cc2)nc2cc(C(=O)O)ccc21. The number of hydrogen-bond donors (Lipinski definition) is 5. The number of amidine groups is 1. The fourth-order valence-corrected chi connectivity index (χ4v) is 4.93. The topological polar surface area (TPSA) is 146 Å². The Hall–Kier alpha value is -3.72. The Morgan fingerprint density at radius 2 is 1.78 bits per heavy atom. The number of imidazole rings is 1. The second-order valence-corrected chi connectivity index (χ2v) is 9.48. The highest BCUT2D eigenvalue weighted by atomic mass is 16.4. The van der Waals surface area contributed by atoms with Crippen molar-refractivity contribution in [1.82, 2.24) is 20.2 Å². The van der Waals surface area contributed by atoms with E-state index in [0.717, 1.165) is 48.2 Å². The monoisotopic (exact) mass is 490 g/mol. The highest BCUT2D eigenvalue weighted by Gasteiger charge is 2.40. The molecule has 1 amide bonds. The van der Waals surface area contributed by atoms with E-state index in [1.807, 2.05) is 35.9 Å². The molecule has 0 spiro atoms. The lowest BCUT2D eigenvalue weighted by Crippen LogP contribution is -2.60. The summed E-state index contributed by atoms with van der Waals surface area (Å²) in [6.45, 7) is 0.814. The number of carboxylic acid groups (broad SMARTS) is 1. The minimum absolute atomic E-state index is 0.0769. The molecule has 2 aromatic carbocycles. The molecule has 0 bridgehead atoms. The lowest BCUT2D eigenvalue weighted by molar-refractivity contribution is -0.128. The molecule has 36 heavy (non-hydrogen) atoms. The van der Waals surface area contributed by atoms with E-state index in [1.165, 1.54) is 0 Å². The van der Waals surface area contributed by atoms with Gasteiger partial charge in [-0.15, -0.1) is 0 Å². The Bertz CT molecular complexity index is 1260. The number of amides is 1. The Labute approximate surface area is 210 Å². The van der Waals surface area contributed by atoms with Gasteiger partial charge in [-0.2, -0.15) is 0 Å². The van der Waals surface area contributed by atoms with Gasteiger partial charge in [0.05, 0.1) is 16.6 Å². The van der Waals surface area contributed by atoms with E-state index in [0.29, 0.717) is 37.9 Å². The Kier molecular flexibility index (Phi) is 7.69. The van der Waals surface area contributed by atoms with Crippen molar-refractivity contribution in [2.45, 2.75) is 50.5 Å². The zero-order valence-corrected chi connectivity index (χ0v) is 20.6. The molecule has 1 aliphatic rings. The number of nitrogens with one attached hydrogen (secondary N) is 3. The molecule has 1 heterocycles. The molecule has 3 aromatic rings. The molecule has 4 rings (SSSR count). The molecule has 6 N–H and O–H groups in total. The molecular weight excluding hydrogens is 456 g/mol. The molecule has 9 nitrogen and oxygen atoms in total. The average molecular weight is 491 g/mol. The molecule has 1 saturated carbocycles. The van der Waals surface area contributed by atoms with Crippen LogP contribution in [0.4, 0.5) is 0 Å². The van der Waals surface area contributed by atoms with Crippen molar-refractivity contribution in [3.8, 4) is 0 Å². The van der Waals surface area contributed by atoms with E-state index in [1.54, 1.807) is 18.2 Å². The summed E-state index contributed by atoms with van der Waals surface area (Å²) < 4.78 is 1.99. The third kappa shape index (κ3) is 5.41. The summed E-state index contributed by atoms with van der Waals surface area (Å²) in [7, 11) is 1.94. The van der Waals surface area contributed by atoms with Gasteiger partial charge in [0.2, 0.25) is 5.91 Å².